The number of hydrogen-bond acceptors (Lipinski definition) is 4. The normalized spacial score (nSPS) is 11.2. The van der Waals surface area contributed by atoms with Crippen molar-refractivity contribution in [3.8, 4) is 17.2 Å². The van der Waals surface area contributed by atoms with Gasteiger partial charge in [-0.15, -0.1) is 0 Å². The van der Waals surface area contributed by atoms with Crippen LogP contribution >= 0.6 is 0 Å². The van der Waals surface area contributed by atoms with Crippen LogP contribution in [0.25, 0.3) is 0 Å². The number of carbonyl (C=O) groups is 1. The summed E-state index contributed by atoms with van der Waals surface area (Å²) in [6.07, 6.45) is 5.67. The minimum Gasteiger partial charge on any atom is -0.494 e. The third-order valence-electron chi connectivity index (χ3n) is 4.73. The van der Waals surface area contributed by atoms with Crippen molar-refractivity contribution in [2.45, 2.75) is 64.7 Å². The molecular formula is C25H36O4Si. The molecule has 30 heavy (non-hydrogen) atoms. The van der Waals surface area contributed by atoms with E-state index < -0.39 is 8.07 Å². The largest absolute Gasteiger partial charge is 0.494 e. The highest BCUT2D eigenvalue weighted by Crippen LogP contribution is 2.20. The van der Waals surface area contributed by atoms with E-state index in [0.717, 1.165) is 30.8 Å². The Bertz CT molecular complexity index is 748. The van der Waals surface area contributed by atoms with Gasteiger partial charge in [0.15, 0.2) is 0 Å². The molecule has 2 aromatic carbocycles. The van der Waals surface area contributed by atoms with Gasteiger partial charge in [0.2, 0.25) is 0 Å². The van der Waals surface area contributed by atoms with Gasteiger partial charge in [0.25, 0.3) is 0 Å². The molecule has 0 aromatic heterocycles. The molecule has 0 saturated carbocycles. The fraction of sp³-hybridized carbons (Fsp3) is 0.480. The first-order chi connectivity index (χ1) is 14.4. The summed E-state index contributed by atoms with van der Waals surface area (Å²) in [4.78, 5) is 12.3. The Kier molecular flexibility index (Phi) is 9.94. The van der Waals surface area contributed by atoms with Crippen LogP contribution in [0.1, 0.15) is 49.4 Å². The second kappa shape index (κ2) is 12.4. The van der Waals surface area contributed by atoms with E-state index in [9.17, 15) is 4.79 Å². The first kappa shape index (κ1) is 24.0. The summed E-state index contributed by atoms with van der Waals surface area (Å²) in [5.41, 5.74) is 0.501. The molecule has 164 valence electrons. The zero-order valence-corrected chi connectivity index (χ0v) is 19.9. The van der Waals surface area contributed by atoms with E-state index >= 15 is 0 Å². The van der Waals surface area contributed by atoms with E-state index in [0.29, 0.717) is 24.5 Å². The summed E-state index contributed by atoms with van der Waals surface area (Å²) in [7, 11) is -0.928. The molecule has 0 saturated heterocycles. The molecule has 0 spiro atoms. The highest BCUT2D eigenvalue weighted by Gasteiger charge is 2.12. The third kappa shape index (κ3) is 9.48. The van der Waals surface area contributed by atoms with Crippen LogP contribution in [0.15, 0.2) is 48.5 Å². The van der Waals surface area contributed by atoms with Gasteiger partial charge in [-0.25, -0.2) is 4.79 Å². The molecule has 0 atom stereocenters. The van der Waals surface area contributed by atoms with Gasteiger partial charge in [-0.3, -0.25) is 0 Å². The summed E-state index contributed by atoms with van der Waals surface area (Å²) >= 11 is 0. The third-order valence-corrected chi connectivity index (χ3v) is 6.58. The van der Waals surface area contributed by atoms with E-state index in [1.165, 1.54) is 18.9 Å². The molecule has 0 radical (unpaired) electrons. The van der Waals surface area contributed by atoms with Crippen LogP contribution < -0.4 is 14.2 Å². The quantitative estimate of drug-likeness (QED) is 0.149. The lowest BCUT2D eigenvalue weighted by molar-refractivity contribution is 0.0734. The van der Waals surface area contributed by atoms with Crippen LogP contribution in [0.3, 0.4) is 0 Å². The monoisotopic (exact) mass is 428 g/mol. The highest BCUT2D eigenvalue weighted by atomic mass is 28.3. The lowest BCUT2D eigenvalue weighted by Crippen LogP contribution is -2.18. The Morgan fingerprint density at radius 3 is 1.83 bits per heavy atom. The lowest BCUT2D eigenvalue weighted by atomic mass is 10.2. The molecule has 4 nitrogen and oxygen atoms in total. The average Bonchev–Trinajstić information content (AvgIpc) is 2.71. The maximum absolute atomic E-state index is 12.3. The molecule has 0 bridgehead atoms. The van der Waals surface area contributed by atoms with Gasteiger partial charge in [-0.1, -0.05) is 51.9 Å². The van der Waals surface area contributed by atoms with Gasteiger partial charge in [0, 0.05) is 8.07 Å². The Hall–Kier alpha value is -2.27. The van der Waals surface area contributed by atoms with E-state index in [-0.39, 0.29) is 5.97 Å². The maximum atomic E-state index is 12.3. The molecule has 0 amide bonds. The van der Waals surface area contributed by atoms with E-state index in [1.807, 2.05) is 24.3 Å². The molecule has 0 heterocycles. The number of benzene rings is 2. The van der Waals surface area contributed by atoms with Crippen molar-refractivity contribution in [1.82, 2.24) is 0 Å². The first-order valence-corrected chi connectivity index (χ1v) is 14.8. The van der Waals surface area contributed by atoms with Gasteiger partial charge in [0.05, 0.1) is 18.8 Å². The molecule has 0 aliphatic rings. The van der Waals surface area contributed by atoms with Crippen molar-refractivity contribution in [2.75, 3.05) is 13.2 Å². The van der Waals surface area contributed by atoms with Crippen LogP contribution in [-0.2, 0) is 0 Å². The van der Waals surface area contributed by atoms with Crippen molar-refractivity contribution in [3.05, 3.63) is 54.1 Å². The molecular weight excluding hydrogens is 392 g/mol. The number of ether oxygens (including phenoxy) is 3. The van der Waals surface area contributed by atoms with Gasteiger partial charge >= 0.3 is 5.97 Å². The van der Waals surface area contributed by atoms with Gasteiger partial charge in [-0.2, -0.15) is 0 Å². The Balaban J connectivity index is 1.73. The summed E-state index contributed by atoms with van der Waals surface area (Å²) < 4.78 is 16.9. The minimum absolute atomic E-state index is 0.382. The number of unbranched alkanes of at least 4 members (excludes halogenated alkanes) is 3. The molecule has 0 aliphatic carbocycles. The molecule has 2 aromatic rings. The van der Waals surface area contributed by atoms with Gasteiger partial charge in [-0.05, 0) is 61.4 Å². The molecule has 0 aliphatic heterocycles. The van der Waals surface area contributed by atoms with E-state index in [1.54, 1.807) is 24.3 Å². The Morgan fingerprint density at radius 2 is 1.27 bits per heavy atom. The van der Waals surface area contributed by atoms with Crippen molar-refractivity contribution in [2.24, 2.45) is 0 Å². The number of hydrogen-bond donors (Lipinski definition) is 0. The highest BCUT2D eigenvalue weighted by molar-refractivity contribution is 6.76. The fourth-order valence-electron chi connectivity index (χ4n) is 2.92. The van der Waals surface area contributed by atoms with E-state index in [2.05, 4.69) is 26.6 Å². The van der Waals surface area contributed by atoms with Crippen LogP contribution in [0.5, 0.6) is 17.2 Å². The lowest BCUT2D eigenvalue weighted by Gasteiger charge is -2.15. The summed E-state index contributed by atoms with van der Waals surface area (Å²) in [6, 6.07) is 15.6. The SMILES string of the molecule is CCCCOc1ccc(OC(=O)c2ccc(OCCCCC[Si](C)(C)C)cc2)cc1. The number of carbonyl (C=O) groups excluding carboxylic acids is 1. The zero-order valence-electron chi connectivity index (χ0n) is 18.9. The maximum Gasteiger partial charge on any atom is 0.343 e. The van der Waals surface area contributed by atoms with Crippen molar-refractivity contribution in [1.29, 1.82) is 0 Å². The summed E-state index contributed by atoms with van der Waals surface area (Å²) in [5.74, 6) is 1.68. The van der Waals surface area contributed by atoms with Crippen molar-refractivity contribution >= 4 is 14.0 Å². The first-order valence-electron chi connectivity index (χ1n) is 11.1. The molecule has 2 rings (SSSR count). The number of rotatable bonds is 13. The molecule has 5 heteroatoms. The van der Waals surface area contributed by atoms with Crippen LogP contribution in [0.4, 0.5) is 0 Å². The van der Waals surface area contributed by atoms with Crippen LogP contribution in [0.2, 0.25) is 25.7 Å². The van der Waals surface area contributed by atoms with Crippen LogP contribution in [-0.4, -0.2) is 27.3 Å². The topological polar surface area (TPSA) is 44.8 Å². The standard InChI is InChI=1S/C25H36O4Si/c1-5-6-18-27-23-14-16-24(17-15-23)29-25(26)21-10-12-22(13-11-21)28-19-8-7-9-20-30(2,3)4/h10-17H,5-9,18-20H2,1-4H3. The van der Waals surface area contributed by atoms with E-state index in [4.69, 9.17) is 14.2 Å². The second-order valence-electron chi connectivity index (χ2n) is 8.81. The number of esters is 1. The van der Waals surface area contributed by atoms with Crippen molar-refractivity contribution in [3.63, 3.8) is 0 Å². The second-order valence-corrected chi connectivity index (χ2v) is 14.4. The summed E-state index contributed by atoms with van der Waals surface area (Å²) in [5, 5.41) is 0. The van der Waals surface area contributed by atoms with Crippen molar-refractivity contribution < 1.29 is 19.0 Å². The smallest absolute Gasteiger partial charge is 0.343 e. The average molecular weight is 429 g/mol. The zero-order chi connectivity index (χ0) is 21.8. The Labute approximate surface area is 182 Å². The Morgan fingerprint density at radius 1 is 0.733 bits per heavy atom. The predicted octanol–water partition coefficient (Wildman–Crippen LogP) is 6.97. The van der Waals surface area contributed by atoms with Gasteiger partial charge in [0.1, 0.15) is 17.2 Å². The minimum atomic E-state index is -0.928. The fourth-order valence-corrected chi connectivity index (χ4v) is 4.23. The molecule has 0 N–H and O–H groups in total. The molecule has 0 unspecified atom stereocenters. The summed E-state index contributed by atoms with van der Waals surface area (Å²) in [6.45, 7) is 10.8. The predicted molar refractivity (Wildman–Crippen MR) is 126 cm³/mol. The van der Waals surface area contributed by atoms with Gasteiger partial charge < -0.3 is 14.2 Å². The van der Waals surface area contributed by atoms with Crippen LogP contribution in [0, 0.1) is 0 Å². The molecule has 0 fully saturated rings.